The van der Waals surface area contributed by atoms with E-state index in [0.717, 1.165) is 16.6 Å². The summed E-state index contributed by atoms with van der Waals surface area (Å²) in [5, 5.41) is 11.0. The number of hydrogen-bond acceptors (Lipinski definition) is 8. The highest BCUT2D eigenvalue weighted by Gasteiger charge is 2.09. The largest absolute Gasteiger partial charge is 0.374 e. The Labute approximate surface area is 121 Å². The van der Waals surface area contributed by atoms with E-state index in [4.69, 9.17) is 5.73 Å². The minimum Gasteiger partial charge on any atom is -0.374 e. The summed E-state index contributed by atoms with van der Waals surface area (Å²) >= 11 is 2.75. The van der Waals surface area contributed by atoms with Gasteiger partial charge in [-0.3, -0.25) is 9.89 Å². The zero-order valence-electron chi connectivity index (χ0n) is 10.5. The van der Waals surface area contributed by atoms with Gasteiger partial charge in [0.2, 0.25) is 5.13 Å². The molecule has 3 N–H and O–H groups in total. The molecule has 0 fully saturated rings. The number of nitrogens with two attached hydrogens (primary N) is 1. The van der Waals surface area contributed by atoms with E-state index < -0.39 is 0 Å². The van der Waals surface area contributed by atoms with E-state index in [9.17, 15) is 4.79 Å². The first-order valence-corrected chi connectivity index (χ1v) is 7.65. The van der Waals surface area contributed by atoms with E-state index in [2.05, 4.69) is 25.3 Å². The molecule has 3 heterocycles. The van der Waals surface area contributed by atoms with Crippen LogP contribution in [0.15, 0.2) is 15.2 Å². The van der Waals surface area contributed by atoms with Crippen molar-refractivity contribution in [2.75, 3.05) is 5.73 Å². The lowest BCUT2D eigenvalue weighted by Gasteiger charge is -1.97. The molecule has 0 aliphatic rings. The average molecular weight is 309 g/mol. The highest BCUT2D eigenvalue weighted by atomic mass is 32.2. The summed E-state index contributed by atoms with van der Waals surface area (Å²) < 4.78 is 2.09. The fraction of sp³-hybridized carbons (Fsp3) is 0.300. The fourth-order valence-corrected chi connectivity index (χ4v) is 3.15. The van der Waals surface area contributed by atoms with Gasteiger partial charge in [0, 0.05) is 18.2 Å². The lowest BCUT2D eigenvalue weighted by molar-refractivity contribution is 0.848. The van der Waals surface area contributed by atoms with Gasteiger partial charge < -0.3 is 5.73 Å². The molecule has 0 aliphatic carbocycles. The molecule has 0 bridgehead atoms. The Hall–Kier alpha value is -1.94. The third-order valence-corrected chi connectivity index (χ3v) is 4.45. The molecule has 104 valence electrons. The summed E-state index contributed by atoms with van der Waals surface area (Å²) in [5.74, 6) is 1.65. The minimum absolute atomic E-state index is 0.172. The molecule has 0 saturated heterocycles. The van der Waals surface area contributed by atoms with Crippen LogP contribution in [-0.4, -0.2) is 29.8 Å². The third-order valence-electron chi connectivity index (χ3n) is 2.53. The van der Waals surface area contributed by atoms with Gasteiger partial charge in [0.1, 0.15) is 5.82 Å². The van der Waals surface area contributed by atoms with Crippen LogP contribution in [0, 0.1) is 0 Å². The Balaban J connectivity index is 1.86. The highest BCUT2D eigenvalue weighted by molar-refractivity contribution is 8.00. The first-order chi connectivity index (χ1) is 9.65. The Bertz CT molecular complexity index is 805. The number of aromatic amines is 1. The smallest absolute Gasteiger partial charge is 0.274 e. The number of hydrogen-bond donors (Lipinski definition) is 2. The molecular formula is C10H11N7OS2. The van der Waals surface area contributed by atoms with Crippen LogP contribution in [0.4, 0.5) is 5.13 Å². The van der Waals surface area contributed by atoms with Crippen molar-refractivity contribution in [3.63, 3.8) is 0 Å². The molecule has 10 heteroatoms. The molecule has 0 aliphatic heterocycles. The van der Waals surface area contributed by atoms with Crippen LogP contribution >= 0.6 is 23.1 Å². The van der Waals surface area contributed by atoms with E-state index in [1.807, 2.05) is 6.92 Å². The monoisotopic (exact) mass is 309 g/mol. The molecule has 0 spiro atoms. The quantitative estimate of drug-likeness (QED) is 0.682. The second kappa shape index (κ2) is 5.21. The van der Waals surface area contributed by atoms with E-state index >= 15 is 0 Å². The standard InChI is InChI=1S/C10H11N7OS2/c1-2-6-13-9-12-5(3-7(18)17(9)16-6)4-19-10-15-14-8(11)20-10/h3H,2,4H2,1H3,(H2,11,14)(H,12,13,16). The number of nitrogen functional groups attached to an aromatic ring is 1. The molecule has 0 radical (unpaired) electrons. The molecule has 0 amide bonds. The second-order valence-corrected chi connectivity index (χ2v) is 6.17. The summed E-state index contributed by atoms with van der Waals surface area (Å²) in [6.45, 7) is 1.96. The number of rotatable bonds is 4. The number of nitrogens with zero attached hydrogens (tertiary/aromatic N) is 5. The molecule has 0 aromatic carbocycles. The van der Waals surface area contributed by atoms with Crippen molar-refractivity contribution in [2.24, 2.45) is 0 Å². The fourth-order valence-electron chi connectivity index (χ4n) is 1.62. The molecule has 3 aromatic rings. The predicted octanol–water partition coefficient (Wildman–Crippen LogP) is 0.706. The van der Waals surface area contributed by atoms with E-state index in [1.165, 1.54) is 33.7 Å². The molecular weight excluding hydrogens is 298 g/mol. The molecule has 3 rings (SSSR count). The van der Waals surface area contributed by atoms with Crippen molar-refractivity contribution in [2.45, 2.75) is 23.4 Å². The Kier molecular flexibility index (Phi) is 3.40. The summed E-state index contributed by atoms with van der Waals surface area (Å²) in [6, 6.07) is 1.49. The summed E-state index contributed by atoms with van der Waals surface area (Å²) in [6.07, 6.45) is 0.719. The molecule has 8 nitrogen and oxygen atoms in total. The van der Waals surface area contributed by atoms with Gasteiger partial charge in [0.25, 0.3) is 11.3 Å². The van der Waals surface area contributed by atoms with Crippen molar-refractivity contribution in [3.05, 3.63) is 27.9 Å². The predicted molar refractivity (Wildman–Crippen MR) is 76.9 cm³/mol. The first-order valence-electron chi connectivity index (χ1n) is 5.85. The molecule has 0 atom stereocenters. The topological polar surface area (TPSA) is 115 Å². The Morgan fingerprint density at radius 3 is 3.00 bits per heavy atom. The van der Waals surface area contributed by atoms with E-state index in [0.29, 0.717) is 22.4 Å². The first kappa shape index (κ1) is 13.1. The van der Waals surface area contributed by atoms with Crippen LogP contribution in [0.2, 0.25) is 0 Å². The number of H-pyrrole nitrogens is 1. The maximum Gasteiger partial charge on any atom is 0.274 e. The maximum atomic E-state index is 11.9. The van der Waals surface area contributed by atoms with Gasteiger partial charge in [-0.15, -0.1) is 10.2 Å². The number of nitrogens with one attached hydrogen (secondary N) is 1. The van der Waals surface area contributed by atoms with Crippen molar-refractivity contribution in [3.8, 4) is 0 Å². The second-order valence-electron chi connectivity index (χ2n) is 3.94. The van der Waals surface area contributed by atoms with Gasteiger partial charge in [0.15, 0.2) is 4.34 Å². The van der Waals surface area contributed by atoms with Gasteiger partial charge in [-0.25, -0.2) is 4.98 Å². The Morgan fingerprint density at radius 1 is 1.45 bits per heavy atom. The summed E-state index contributed by atoms with van der Waals surface area (Å²) in [5.41, 5.74) is 6.00. The highest BCUT2D eigenvalue weighted by Crippen LogP contribution is 2.25. The van der Waals surface area contributed by atoms with Gasteiger partial charge in [0.05, 0.1) is 5.69 Å². The maximum absolute atomic E-state index is 11.9. The summed E-state index contributed by atoms with van der Waals surface area (Å²) in [7, 11) is 0. The SMILES string of the molecule is CCc1nc2nc(CSc3nnc(N)s3)cc(=O)n2[nH]1. The lowest BCUT2D eigenvalue weighted by atomic mass is 10.4. The van der Waals surface area contributed by atoms with Crippen molar-refractivity contribution < 1.29 is 0 Å². The van der Waals surface area contributed by atoms with Gasteiger partial charge in [-0.1, -0.05) is 30.0 Å². The van der Waals surface area contributed by atoms with Crippen molar-refractivity contribution in [1.82, 2.24) is 29.8 Å². The van der Waals surface area contributed by atoms with Gasteiger partial charge >= 0.3 is 0 Å². The zero-order valence-corrected chi connectivity index (χ0v) is 12.2. The van der Waals surface area contributed by atoms with Crippen LogP contribution in [0.25, 0.3) is 5.78 Å². The van der Waals surface area contributed by atoms with Crippen LogP contribution in [0.5, 0.6) is 0 Å². The third kappa shape index (κ3) is 2.51. The minimum atomic E-state index is -0.172. The number of fused-ring (bicyclic) bond motifs is 1. The van der Waals surface area contributed by atoms with Crippen molar-refractivity contribution >= 4 is 34.0 Å². The van der Waals surface area contributed by atoms with Gasteiger partial charge in [-0.05, 0) is 0 Å². The normalized spacial score (nSPS) is 11.2. The molecule has 0 unspecified atom stereocenters. The number of aromatic nitrogens is 6. The van der Waals surface area contributed by atoms with E-state index in [1.54, 1.807) is 0 Å². The zero-order chi connectivity index (χ0) is 14.1. The average Bonchev–Trinajstić information content (AvgIpc) is 3.02. The Morgan fingerprint density at radius 2 is 2.30 bits per heavy atom. The summed E-state index contributed by atoms with van der Waals surface area (Å²) in [4.78, 5) is 20.5. The van der Waals surface area contributed by atoms with Crippen LogP contribution < -0.4 is 11.3 Å². The molecule has 0 saturated carbocycles. The van der Waals surface area contributed by atoms with Crippen LogP contribution in [0.1, 0.15) is 18.4 Å². The lowest BCUT2D eigenvalue weighted by Crippen LogP contribution is -2.15. The number of thioether (sulfide) groups is 1. The van der Waals surface area contributed by atoms with Crippen molar-refractivity contribution in [1.29, 1.82) is 0 Å². The number of aryl methyl sites for hydroxylation is 1. The molecule has 3 aromatic heterocycles. The van der Waals surface area contributed by atoms with Crippen LogP contribution in [0.3, 0.4) is 0 Å². The van der Waals surface area contributed by atoms with Crippen LogP contribution in [-0.2, 0) is 12.2 Å². The van der Waals surface area contributed by atoms with E-state index in [-0.39, 0.29) is 5.56 Å². The number of anilines is 1. The molecule has 20 heavy (non-hydrogen) atoms. The van der Waals surface area contributed by atoms with Gasteiger partial charge in [-0.2, -0.15) is 9.50 Å².